The second-order valence-corrected chi connectivity index (χ2v) is 1.78. The molecule has 0 rings (SSSR count). The summed E-state index contributed by atoms with van der Waals surface area (Å²) in [6.07, 6.45) is 2.89. The van der Waals surface area contributed by atoms with Crippen molar-refractivity contribution in [3.63, 3.8) is 0 Å². The molecule has 0 heterocycles. The summed E-state index contributed by atoms with van der Waals surface area (Å²) in [5.74, 6) is 0. The molecule has 0 aliphatic rings. The summed E-state index contributed by atoms with van der Waals surface area (Å²) in [4.78, 5) is 0. The third-order valence-corrected chi connectivity index (χ3v) is 0.775. The number of hydrogen-bond donors (Lipinski definition) is 1. The zero-order chi connectivity index (χ0) is 6.41. The van der Waals surface area contributed by atoms with Crippen molar-refractivity contribution in [1.29, 1.82) is 0 Å². The Morgan fingerprint density at radius 3 is 2.75 bits per heavy atom. The fraction of sp³-hybridized carbons (Fsp3) is 0.429. The van der Waals surface area contributed by atoms with Crippen LogP contribution in [0.25, 0.3) is 0 Å². The summed E-state index contributed by atoms with van der Waals surface area (Å²) in [6.45, 7) is 10.2. The number of rotatable bonds is 4. The fourth-order valence-corrected chi connectivity index (χ4v) is 0.388. The van der Waals surface area contributed by atoms with Crippen LogP contribution in [0.1, 0.15) is 13.3 Å². The molecule has 0 aliphatic carbocycles. The lowest BCUT2D eigenvalue weighted by Crippen LogP contribution is -2.10. The Kier molecular flexibility index (Phi) is 4.04. The molecule has 0 unspecified atom stereocenters. The van der Waals surface area contributed by atoms with Crippen molar-refractivity contribution in [2.24, 2.45) is 0 Å². The van der Waals surface area contributed by atoms with Crippen LogP contribution in [0.2, 0.25) is 0 Å². The molecule has 0 aromatic carbocycles. The second-order valence-electron chi connectivity index (χ2n) is 1.78. The topological polar surface area (TPSA) is 12.0 Å². The molecule has 0 spiro atoms. The molecule has 0 aromatic heterocycles. The SMILES string of the molecule is C=CCCNC(=C)C. The lowest BCUT2D eigenvalue weighted by atomic mass is 10.4. The van der Waals surface area contributed by atoms with E-state index in [9.17, 15) is 0 Å². The van der Waals surface area contributed by atoms with Crippen molar-refractivity contribution < 1.29 is 0 Å². The molecule has 8 heavy (non-hydrogen) atoms. The Morgan fingerprint density at radius 1 is 1.75 bits per heavy atom. The minimum Gasteiger partial charge on any atom is -0.389 e. The summed E-state index contributed by atoms with van der Waals surface area (Å²) in [5, 5.41) is 3.08. The van der Waals surface area contributed by atoms with Gasteiger partial charge in [0.15, 0.2) is 0 Å². The Hall–Kier alpha value is -0.720. The van der Waals surface area contributed by atoms with Gasteiger partial charge in [-0.1, -0.05) is 12.7 Å². The molecule has 0 bridgehead atoms. The van der Waals surface area contributed by atoms with Gasteiger partial charge in [0.05, 0.1) is 0 Å². The maximum absolute atomic E-state index is 3.68. The van der Waals surface area contributed by atoms with E-state index in [0.29, 0.717) is 0 Å². The van der Waals surface area contributed by atoms with Gasteiger partial charge in [0.1, 0.15) is 0 Å². The van der Waals surface area contributed by atoms with E-state index in [4.69, 9.17) is 0 Å². The molecule has 0 aliphatic heterocycles. The van der Waals surface area contributed by atoms with Crippen molar-refractivity contribution in [3.05, 3.63) is 24.9 Å². The van der Waals surface area contributed by atoms with Crippen LogP contribution in [0, 0.1) is 0 Å². The zero-order valence-electron chi connectivity index (χ0n) is 5.41. The molecule has 46 valence electrons. The van der Waals surface area contributed by atoms with Crippen LogP contribution in [0.5, 0.6) is 0 Å². The van der Waals surface area contributed by atoms with E-state index in [1.54, 1.807) is 0 Å². The third kappa shape index (κ3) is 5.28. The predicted molar refractivity (Wildman–Crippen MR) is 37.6 cm³/mol. The molecular weight excluding hydrogens is 98.1 g/mol. The molecule has 0 saturated carbocycles. The zero-order valence-corrected chi connectivity index (χ0v) is 5.41. The van der Waals surface area contributed by atoms with Crippen LogP contribution in [0.15, 0.2) is 24.9 Å². The van der Waals surface area contributed by atoms with E-state index < -0.39 is 0 Å². The van der Waals surface area contributed by atoms with E-state index in [0.717, 1.165) is 18.7 Å². The minimum atomic E-state index is 0.957. The second kappa shape index (κ2) is 4.44. The lowest BCUT2D eigenvalue weighted by Gasteiger charge is -1.99. The van der Waals surface area contributed by atoms with Gasteiger partial charge >= 0.3 is 0 Å². The maximum atomic E-state index is 3.68. The van der Waals surface area contributed by atoms with Gasteiger partial charge in [-0.25, -0.2) is 0 Å². The van der Waals surface area contributed by atoms with E-state index in [-0.39, 0.29) is 0 Å². The highest BCUT2D eigenvalue weighted by Crippen LogP contribution is 1.80. The molecule has 0 aromatic rings. The minimum absolute atomic E-state index is 0.957. The Morgan fingerprint density at radius 2 is 2.38 bits per heavy atom. The summed E-state index contributed by atoms with van der Waals surface area (Å²) >= 11 is 0. The third-order valence-electron chi connectivity index (χ3n) is 0.775. The van der Waals surface area contributed by atoms with Crippen LogP contribution < -0.4 is 5.32 Å². The van der Waals surface area contributed by atoms with Crippen LogP contribution in [0.3, 0.4) is 0 Å². The maximum Gasteiger partial charge on any atom is 0.0178 e. The molecule has 0 radical (unpaired) electrons. The standard InChI is InChI=1S/C7H13N/c1-4-5-6-8-7(2)3/h4,8H,1-2,5-6H2,3H3. The van der Waals surface area contributed by atoms with E-state index in [1.807, 2.05) is 13.0 Å². The van der Waals surface area contributed by atoms with Gasteiger partial charge in [-0.15, -0.1) is 6.58 Å². The Balaban J connectivity index is 2.93. The molecule has 0 amide bonds. The van der Waals surface area contributed by atoms with Gasteiger partial charge < -0.3 is 5.32 Å². The van der Waals surface area contributed by atoms with Crippen LogP contribution in [-0.4, -0.2) is 6.54 Å². The first-order valence-corrected chi connectivity index (χ1v) is 2.77. The van der Waals surface area contributed by atoms with Gasteiger partial charge in [0.2, 0.25) is 0 Å². The fourth-order valence-electron chi connectivity index (χ4n) is 0.388. The van der Waals surface area contributed by atoms with Gasteiger partial charge in [0.25, 0.3) is 0 Å². The van der Waals surface area contributed by atoms with Crippen LogP contribution in [0.4, 0.5) is 0 Å². The monoisotopic (exact) mass is 111 g/mol. The number of hydrogen-bond acceptors (Lipinski definition) is 1. The van der Waals surface area contributed by atoms with E-state index in [1.165, 1.54) is 0 Å². The van der Waals surface area contributed by atoms with E-state index >= 15 is 0 Å². The first kappa shape index (κ1) is 7.28. The molecule has 0 saturated heterocycles. The van der Waals surface area contributed by atoms with E-state index in [2.05, 4.69) is 18.5 Å². The number of nitrogens with one attached hydrogen (secondary N) is 1. The smallest absolute Gasteiger partial charge is 0.0178 e. The van der Waals surface area contributed by atoms with Gasteiger partial charge in [0, 0.05) is 12.2 Å². The molecule has 1 N–H and O–H groups in total. The predicted octanol–water partition coefficient (Wildman–Crippen LogP) is 1.69. The highest BCUT2D eigenvalue weighted by molar-refractivity contribution is 4.85. The summed E-state index contributed by atoms with van der Waals surface area (Å²) < 4.78 is 0. The average molecular weight is 111 g/mol. The Bertz CT molecular complexity index is 84.4. The first-order chi connectivity index (χ1) is 3.77. The Labute approximate surface area is 51.1 Å². The molecule has 1 heteroatoms. The number of allylic oxidation sites excluding steroid dienone is 1. The summed E-state index contributed by atoms with van der Waals surface area (Å²) in [5.41, 5.74) is 1.02. The molecule has 1 nitrogen and oxygen atoms in total. The first-order valence-electron chi connectivity index (χ1n) is 2.77. The summed E-state index contributed by atoms with van der Waals surface area (Å²) in [6, 6.07) is 0. The molecular formula is C7H13N. The van der Waals surface area contributed by atoms with Crippen molar-refractivity contribution in [2.45, 2.75) is 13.3 Å². The van der Waals surface area contributed by atoms with Crippen LogP contribution in [-0.2, 0) is 0 Å². The van der Waals surface area contributed by atoms with Crippen molar-refractivity contribution in [3.8, 4) is 0 Å². The van der Waals surface area contributed by atoms with Crippen molar-refractivity contribution in [2.75, 3.05) is 6.54 Å². The van der Waals surface area contributed by atoms with Gasteiger partial charge in [-0.05, 0) is 13.3 Å². The van der Waals surface area contributed by atoms with Crippen LogP contribution >= 0.6 is 0 Å². The summed E-state index contributed by atoms with van der Waals surface area (Å²) in [7, 11) is 0. The van der Waals surface area contributed by atoms with Gasteiger partial charge in [-0.3, -0.25) is 0 Å². The van der Waals surface area contributed by atoms with Gasteiger partial charge in [-0.2, -0.15) is 0 Å². The molecule has 0 atom stereocenters. The highest BCUT2D eigenvalue weighted by Gasteiger charge is 1.78. The van der Waals surface area contributed by atoms with Crippen molar-refractivity contribution >= 4 is 0 Å². The quantitative estimate of drug-likeness (QED) is 0.430. The van der Waals surface area contributed by atoms with Crippen molar-refractivity contribution in [1.82, 2.24) is 5.32 Å². The average Bonchev–Trinajstić information content (AvgIpc) is 1.66. The largest absolute Gasteiger partial charge is 0.389 e. The highest BCUT2D eigenvalue weighted by atomic mass is 14.9. The lowest BCUT2D eigenvalue weighted by molar-refractivity contribution is 0.807. The molecule has 0 fully saturated rings. The normalized spacial score (nSPS) is 8.12.